The van der Waals surface area contributed by atoms with Gasteiger partial charge in [0.1, 0.15) is 5.69 Å². The lowest BCUT2D eigenvalue weighted by molar-refractivity contribution is 0.318. The van der Waals surface area contributed by atoms with Crippen molar-refractivity contribution < 1.29 is 5.21 Å². The molecule has 2 aromatic rings. The Labute approximate surface area is 120 Å². The van der Waals surface area contributed by atoms with Crippen molar-refractivity contribution in [2.45, 2.75) is 25.4 Å². The third kappa shape index (κ3) is 2.72. The van der Waals surface area contributed by atoms with Crippen LogP contribution in [0.3, 0.4) is 0 Å². The molecule has 0 aliphatic heterocycles. The third-order valence-electron chi connectivity index (χ3n) is 3.16. The first kappa shape index (κ1) is 12.9. The van der Waals surface area contributed by atoms with Gasteiger partial charge >= 0.3 is 0 Å². The highest BCUT2D eigenvalue weighted by molar-refractivity contribution is 7.09. The highest BCUT2D eigenvalue weighted by Crippen LogP contribution is 2.31. The van der Waals surface area contributed by atoms with Gasteiger partial charge in [-0.05, 0) is 30.4 Å². The van der Waals surface area contributed by atoms with Crippen molar-refractivity contribution in [3.63, 3.8) is 0 Å². The van der Waals surface area contributed by atoms with Crippen molar-refractivity contribution in [2.75, 3.05) is 4.90 Å². The number of nitrogens with zero attached hydrogens (tertiary/aromatic N) is 4. The van der Waals surface area contributed by atoms with E-state index in [0.29, 0.717) is 17.7 Å². The lowest BCUT2D eigenvalue weighted by Crippen LogP contribution is -2.27. The quantitative estimate of drug-likeness (QED) is 0.379. The second kappa shape index (κ2) is 5.46. The van der Waals surface area contributed by atoms with E-state index in [4.69, 9.17) is 10.9 Å². The molecule has 1 fully saturated rings. The van der Waals surface area contributed by atoms with E-state index in [2.05, 4.69) is 31.5 Å². The molecule has 2 heterocycles. The lowest BCUT2D eigenvalue weighted by atomic mass is 10.3. The first-order valence-corrected chi connectivity index (χ1v) is 7.26. The van der Waals surface area contributed by atoms with Gasteiger partial charge < -0.3 is 15.8 Å². The van der Waals surface area contributed by atoms with Crippen LogP contribution in [0.2, 0.25) is 0 Å². The maximum atomic E-state index is 8.74. The molecule has 20 heavy (non-hydrogen) atoms. The Balaban J connectivity index is 1.87. The summed E-state index contributed by atoms with van der Waals surface area (Å²) in [5.41, 5.74) is 6.02. The topological polar surface area (TPSA) is 87.6 Å². The van der Waals surface area contributed by atoms with Gasteiger partial charge in [-0.15, -0.1) is 11.3 Å². The smallest absolute Gasteiger partial charge is 0.226 e. The molecule has 0 atom stereocenters. The minimum atomic E-state index is 0.000482. The number of amidine groups is 1. The molecule has 7 heteroatoms. The number of hydrogen-bond acceptors (Lipinski definition) is 6. The zero-order chi connectivity index (χ0) is 13.9. The molecule has 1 saturated carbocycles. The standard InChI is InChI=1S/C13H15N5OS/c14-12(17-19)11-5-6-15-13(16-11)18(9-3-4-9)8-10-2-1-7-20-10/h1-2,5-7,9,19H,3-4,8H2,(H2,14,17). The molecule has 0 amide bonds. The first-order valence-electron chi connectivity index (χ1n) is 6.38. The van der Waals surface area contributed by atoms with E-state index in [0.717, 1.165) is 19.4 Å². The SMILES string of the molecule is N/C(=N/O)c1ccnc(N(Cc2cccs2)C2CC2)n1. The van der Waals surface area contributed by atoms with Gasteiger partial charge in [-0.3, -0.25) is 0 Å². The van der Waals surface area contributed by atoms with Crippen LogP contribution in [0.4, 0.5) is 5.95 Å². The predicted octanol–water partition coefficient (Wildman–Crippen LogP) is 1.80. The van der Waals surface area contributed by atoms with E-state index in [9.17, 15) is 0 Å². The molecule has 2 aromatic heterocycles. The van der Waals surface area contributed by atoms with Gasteiger partial charge in [-0.25, -0.2) is 9.97 Å². The maximum Gasteiger partial charge on any atom is 0.226 e. The predicted molar refractivity (Wildman–Crippen MR) is 78.1 cm³/mol. The van der Waals surface area contributed by atoms with E-state index in [1.54, 1.807) is 23.6 Å². The molecule has 1 aliphatic carbocycles. The zero-order valence-corrected chi connectivity index (χ0v) is 11.6. The lowest BCUT2D eigenvalue weighted by Gasteiger charge is -2.21. The van der Waals surface area contributed by atoms with Crippen LogP contribution >= 0.6 is 11.3 Å². The fourth-order valence-electron chi connectivity index (χ4n) is 2.00. The number of oxime groups is 1. The van der Waals surface area contributed by atoms with Crippen LogP contribution in [0, 0.1) is 0 Å². The summed E-state index contributed by atoms with van der Waals surface area (Å²) >= 11 is 1.72. The molecule has 0 saturated heterocycles. The van der Waals surface area contributed by atoms with Crippen molar-refractivity contribution >= 4 is 23.1 Å². The molecule has 0 unspecified atom stereocenters. The fraction of sp³-hybridized carbons (Fsp3) is 0.308. The van der Waals surface area contributed by atoms with E-state index < -0.39 is 0 Å². The number of hydrogen-bond donors (Lipinski definition) is 2. The van der Waals surface area contributed by atoms with Crippen LogP contribution in [-0.4, -0.2) is 27.1 Å². The van der Waals surface area contributed by atoms with Crippen molar-refractivity contribution in [3.8, 4) is 0 Å². The zero-order valence-electron chi connectivity index (χ0n) is 10.8. The van der Waals surface area contributed by atoms with E-state index in [1.165, 1.54) is 4.88 Å². The van der Waals surface area contributed by atoms with Gasteiger partial charge in [-0.1, -0.05) is 11.2 Å². The Kier molecular flexibility index (Phi) is 3.51. The van der Waals surface area contributed by atoms with E-state index in [-0.39, 0.29) is 5.84 Å². The van der Waals surface area contributed by atoms with E-state index in [1.807, 2.05) is 6.07 Å². The van der Waals surface area contributed by atoms with Crippen molar-refractivity contribution in [1.29, 1.82) is 0 Å². The number of anilines is 1. The fourth-order valence-corrected chi connectivity index (χ4v) is 2.70. The van der Waals surface area contributed by atoms with Gasteiger partial charge in [0.25, 0.3) is 0 Å². The minimum Gasteiger partial charge on any atom is -0.409 e. The van der Waals surface area contributed by atoms with Crippen LogP contribution in [0.1, 0.15) is 23.4 Å². The molecule has 0 aromatic carbocycles. The minimum absolute atomic E-state index is 0.000482. The number of nitrogens with two attached hydrogens (primary N) is 1. The Bertz CT molecular complexity index is 609. The molecule has 0 spiro atoms. The van der Waals surface area contributed by atoms with Crippen LogP contribution < -0.4 is 10.6 Å². The van der Waals surface area contributed by atoms with E-state index >= 15 is 0 Å². The Morgan fingerprint density at radius 2 is 2.35 bits per heavy atom. The van der Waals surface area contributed by atoms with Crippen molar-refractivity contribution in [3.05, 3.63) is 40.3 Å². The molecule has 1 aliphatic rings. The van der Waals surface area contributed by atoms with Gasteiger partial charge in [0.15, 0.2) is 5.84 Å². The molecule has 3 N–H and O–H groups in total. The summed E-state index contributed by atoms with van der Waals surface area (Å²) in [5.74, 6) is 0.630. The summed E-state index contributed by atoms with van der Waals surface area (Å²) in [6.45, 7) is 0.794. The number of aromatic nitrogens is 2. The Morgan fingerprint density at radius 3 is 3.00 bits per heavy atom. The molecule has 3 rings (SSSR count). The molecular weight excluding hydrogens is 274 g/mol. The average molecular weight is 289 g/mol. The third-order valence-corrected chi connectivity index (χ3v) is 4.02. The summed E-state index contributed by atoms with van der Waals surface area (Å²) < 4.78 is 0. The van der Waals surface area contributed by atoms with Crippen molar-refractivity contribution in [1.82, 2.24) is 9.97 Å². The van der Waals surface area contributed by atoms with Crippen LogP contribution in [0.15, 0.2) is 34.9 Å². The summed E-state index contributed by atoms with van der Waals surface area (Å²) in [4.78, 5) is 12.2. The molecule has 0 bridgehead atoms. The second-order valence-corrected chi connectivity index (χ2v) is 5.70. The Hall–Kier alpha value is -2.15. The summed E-state index contributed by atoms with van der Waals surface area (Å²) in [5, 5.41) is 13.8. The average Bonchev–Trinajstić information content (AvgIpc) is 3.20. The largest absolute Gasteiger partial charge is 0.409 e. The number of thiophene rings is 1. The summed E-state index contributed by atoms with van der Waals surface area (Å²) in [6, 6.07) is 6.26. The maximum absolute atomic E-state index is 8.74. The summed E-state index contributed by atoms with van der Waals surface area (Å²) in [7, 11) is 0. The van der Waals surface area contributed by atoms with Crippen LogP contribution in [-0.2, 0) is 6.54 Å². The summed E-state index contributed by atoms with van der Waals surface area (Å²) in [6.07, 6.45) is 3.95. The number of rotatable bonds is 5. The van der Waals surface area contributed by atoms with Crippen molar-refractivity contribution in [2.24, 2.45) is 10.9 Å². The van der Waals surface area contributed by atoms with Gasteiger partial charge in [0.2, 0.25) is 5.95 Å². The monoisotopic (exact) mass is 289 g/mol. The molecule has 6 nitrogen and oxygen atoms in total. The Morgan fingerprint density at radius 1 is 1.50 bits per heavy atom. The second-order valence-electron chi connectivity index (χ2n) is 4.67. The highest BCUT2D eigenvalue weighted by Gasteiger charge is 2.31. The highest BCUT2D eigenvalue weighted by atomic mass is 32.1. The first-order chi connectivity index (χ1) is 9.78. The normalized spacial score (nSPS) is 15.3. The van der Waals surface area contributed by atoms with Crippen LogP contribution in [0.5, 0.6) is 0 Å². The van der Waals surface area contributed by atoms with Gasteiger partial charge in [0, 0.05) is 17.1 Å². The molecule has 0 radical (unpaired) electrons. The molecular formula is C13H15N5OS. The van der Waals surface area contributed by atoms with Gasteiger partial charge in [-0.2, -0.15) is 0 Å². The van der Waals surface area contributed by atoms with Crippen LogP contribution in [0.25, 0.3) is 0 Å². The van der Waals surface area contributed by atoms with Gasteiger partial charge in [0.05, 0.1) is 6.54 Å². The molecule has 104 valence electrons.